The molecular weight excluding hydrogens is 627 g/mol. The third kappa shape index (κ3) is 8.79. The Morgan fingerprint density at radius 3 is 2.44 bits per heavy atom. The van der Waals surface area contributed by atoms with Gasteiger partial charge in [-0.25, -0.2) is 14.0 Å². The molecule has 2 heterocycles. The number of hydrogen-bond acceptors (Lipinski definition) is 9. The summed E-state index contributed by atoms with van der Waals surface area (Å²) in [7, 11) is 3.31. The summed E-state index contributed by atoms with van der Waals surface area (Å²) in [6, 6.07) is 8.31. The fraction of sp³-hybridized carbons (Fsp3) is 0.424. The van der Waals surface area contributed by atoms with Gasteiger partial charge in [0, 0.05) is 49.7 Å². The summed E-state index contributed by atoms with van der Waals surface area (Å²) in [6.07, 6.45) is -0.301. The van der Waals surface area contributed by atoms with Crippen molar-refractivity contribution in [3.05, 3.63) is 64.7 Å². The molecule has 0 fully saturated rings. The van der Waals surface area contributed by atoms with Crippen molar-refractivity contribution in [3.8, 4) is 5.75 Å². The molecule has 6 amide bonds. The van der Waals surface area contributed by atoms with Crippen LogP contribution in [0.5, 0.6) is 5.75 Å². The van der Waals surface area contributed by atoms with E-state index in [2.05, 4.69) is 16.0 Å². The van der Waals surface area contributed by atoms with Gasteiger partial charge < -0.3 is 39.6 Å². The smallest absolute Gasteiger partial charge is 0.407 e. The van der Waals surface area contributed by atoms with Crippen molar-refractivity contribution in [1.29, 1.82) is 0 Å². The summed E-state index contributed by atoms with van der Waals surface area (Å²) < 4.78 is 31.6. The van der Waals surface area contributed by atoms with Crippen molar-refractivity contribution in [3.63, 3.8) is 0 Å². The SMILES string of the molecule is COc1ccc2c(c1)C(=O)N(C[C@](C)(NC(=O)NC=O)c1cc3cc(C(=O)NCCN(C)CCNC(=O)OC(C)(C)C)c(F)cc3o1)C2. The lowest BCUT2D eigenvalue weighted by atomic mass is 9.97. The molecule has 0 radical (unpaired) electrons. The van der Waals surface area contributed by atoms with Gasteiger partial charge in [0.1, 0.15) is 34.0 Å². The van der Waals surface area contributed by atoms with Gasteiger partial charge in [-0.2, -0.15) is 0 Å². The van der Waals surface area contributed by atoms with Crippen LogP contribution < -0.4 is 26.0 Å². The number of furan rings is 1. The molecule has 0 spiro atoms. The van der Waals surface area contributed by atoms with Crippen LogP contribution in [0.4, 0.5) is 14.0 Å². The van der Waals surface area contributed by atoms with Gasteiger partial charge in [0.05, 0.1) is 19.2 Å². The molecule has 4 N–H and O–H groups in total. The van der Waals surface area contributed by atoms with Crippen LogP contribution in [0.3, 0.4) is 0 Å². The number of amides is 6. The van der Waals surface area contributed by atoms with Crippen LogP contribution in [0.15, 0.2) is 40.8 Å². The Balaban J connectivity index is 1.45. The standard InChI is InChI=1S/C33H41FN6O8/c1-32(2,3)48-31(45)36-10-12-39(5)11-9-35-28(42)24-13-21-14-27(47-26(21)16-25(24)34)33(4,38-30(44)37-19-41)18-40-17-20-7-8-22(46-6)15-23(20)29(40)43/h7-8,13-16,19H,9-12,17-18H2,1-6H3,(H,35,42)(H,36,45)(H2,37,38,41,44)/t33-/m0/s1. The Kier molecular flexibility index (Phi) is 10.9. The Morgan fingerprint density at radius 2 is 1.77 bits per heavy atom. The van der Waals surface area contributed by atoms with E-state index in [4.69, 9.17) is 13.9 Å². The lowest BCUT2D eigenvalue weighted by molar-refractivity contribution is -0.108. The van der Waals surface area contributed by atoms with Gasteiger partial charge >= 0.3 is 12.1 Å². The lowest BCUT2D eigenvalue weighted by Crippen LogP contribution is -2.53. The van der Waals surface area contributed by atoms with Gasteiger partial charge in [0.15, 0.2) is 0 Å². The highest BCUT2D eigenvalue weighted by Gasteiger charge is 2.39. The van der Waals surface area contributed by atoms with Crippen LogP contribution >= 0.6 is 0 Å². The number of alkyl carbamates (subject to hydrolysis) is 1. The molecule has 0 unspecified atom stereocenters. The molecule has 0 aliphatic carbocycles. The average molecular weight is 669 g/mol. The monoisotopic (exact) mass is 668 g/mol. The number of urea groups is 1. The molecule has 2 aromatic carbocycles. The maximum atomic E-state index is 15.2. The molecular formula is C33H41FN6O8. The second kappa shape index (κ2) is 14.7. The average Bonchev–Trinajstić information content (AvgIpc) is 3.55. The molecule has 1 aliphatic heterocycles. The van der Waals surface area contributed by atoms with Gasteiger partial charge in [-0.05, 0) is 64.6 Å². The third-order valence-electron chi connectivity index (χ3n) is 7.62. The fourth-order valence-corrected chi connectivity index (χ4v) is 5.23. The molecule has 258 valence electrons. The van der Waals surface area contributed by atoms with Crippen LogP contribution in [-0.4, -0.2) is 92.6 Å². The Morgan fingerprint density at radius 1 is 1.06 bits per heavy atom. The number of nitrogens with zero attached hydrogens (tertiary/aromatic N) is 2. The summed E-state index contributed by atoms with van der Waals surface area (Å²) in [4.78, 5) is 65.0. The molecule has 0 bridgehead atoms. The maximum absolute atomic E-state index is 15.2. The number of likely N-dealkylation sites (N-methyl/N-ethyl adjacent to an activating group) is 1. The highest BCUT2D eigenvalue weighted by molar-refractivity contribution is 5.99. The number of ether oxygens (including phenoxy) is 2. The summed E-state index contributed by atoms with van der Waals surface area (Å²) in [5, 5.41) is 10.5. The predicted molar refractivity (Wildman–Crippen MR) is 173 cm³/mol. The van der Waals surface area contributed by atoms with E-state index in [-0.39, 0.29) is 48.9 Å². The lowest BCUT2D eigenvalue weighted by Gasteiger charge is -2.32. The zero-order valence-electron chi connectivity index (χ0n) is 27.8. The maximum Gasteiger partial charge on any atom is 0.407 e. The molecule has 3 aromatic rings. The Labute approximate surface area is 277 Å². The van der Waals surface area contributed by atoms with E-state index in [9.17, 15) is 24.0 Å². The van der Waals surface area contributed by atoms with E-state index in [0.29, 0.717) is 36.3 Å². The molecule has 0 saturated carbocycles. The van der Waals surface area contributed by atoms with Gasteiger partial charge in [0.2, 0.25) is 6.41 Å². The highest BCUT2D eigenvalue weighted by atomic mass is 19.1. The van der Waals surface area contributed by atoms with Gasteiger partial charge in [0.25, 0.3) is 11.8 Å². The number of nitrogens with one attached hydrogen (secondary N) is 4. The zero-order valence-corrected chi connectivity index (χ0v) is 27.8. The normalized spacial score (nSPS) is 13.9. The summed E-state index contributed by atoms with van der Waals surface area (Å²) in [6.45, 7) is 8.59. The van der Waals surface area contributed by atoms with E-state index in [1.165, 1.54) is 18.1 Å². The Hall–Kier alpha value is -5.18. The quantitative estimate of drug-likeness (QED) is 0.200. The highest BCUT2D eigenvalue weighted by Crippen LogP contribution is 2.34. The van der Waals surface area contributed by atoms with Crippen LogP contribution in [0, 0.1) is 5.82 Å². The van der Waals surface area contributed by atoms with Gasteiger partial charge in [-0.1, -0.05) is 6.07 Å². The number of carbonyl (C=O) groups excluding carboxylic acids is 5. The first-order valence-corrected chi connectivity index (χ1v) is 15.3. The minimum absolute atomic E-state index is 0.0639. The van der Waals surface area contributed by atoms with Crippen LogP contribution in [0.2, 0.25) is 0 Å². The van der Waals surface area contributed by atoms with Crippen LogP contribution in [0.25, 0.3) is 11.0 Å². The minimum atomic E-state index is -1.38. The first-order chi connectivity index (χ1) is 22.6. The van der Waals surface area contributed by atoms with Crippen molar-refractivity contribution >= 4 is 41.3 Å². The zero-order chi connectivity index (χ0) is 35.2. The van der Waals surface area contributed by atoms with Crippen molar-refractivity contribution in [2.24, 2.45) is 0 Å². The van der Waals surface area contributed by atoms with E-state index in [1.54, 1.807) is 52.0 Å². The predicted octanol–water partition coefficient (Wildman–Crippen LogP) is 3.09. The largest absolute Gasteiger partial charge is 0.497 e. The molecule has 15 heteroatoms. The van der Waals surface area contributed by atoms with E-state index < -0.39 is 35.0 Å². The second-order valence-electron chi connectivity index (χ2n) is 12.7. The molecule has 1 atom stereocenters. The topological polar surface area (TPSA) is 172 Å². The van der Waals surface area contributed by atoms with Crippen molar-refractivity contribution in [2.45, 2.75) is 45.4 Å². The number of carbonyl (C=O) groups is 5. The second-order valence-corrected chi connectivity index (χ2v) is 12.7. The van der Waals surface area contributed by atoms with Crippen molar-refractivity contribution < 1.29 is 42.3 Å². The summed E-state index contributed by atoms with van der Waals surface area (Å²) >= 11 is 0. The number of methoxy groups -OCH3 is 1. The number of imide groups is 1. The van der Waals surface area contributed by atoms with Gasteiger partial charge in [-0.15, -0.1) is 0 Å². The minimum Gasteiger partial charge on any atom is -0.497 e. The summed E-state index contributed by atoms with van der Waals surface area (Å²) in [5.41, 5.74) is -0.850. The molecule has 0 saturated heterocycles. The van der Waals surface area contributed by atoms with Gasteiger partial charge in [-0.3, -0.25) is 19.7 Å². The number of benzene rings is 2. The Bertz CT molecular complexity index is 1700. The van der Waals surface area contributed by atoms with E-state index in [0.717, 1.165) is 11.6 Å². The molecule has 14 nitrogen and oxygen atoms in total. The molecule has 4 rings (SSSR count). The van der Waals surface area contributed by atoms with E-state index >= 15 is 4.39 Å². The number of halogens is 1. The number of rotatable bonds is 13. The number of hydrogen-bond donors (Lipinski definition) is 4. The first kappa shape index (κ1) is 35.7. The van der Waals surface area contributed by atoms with E-state index in [1.807, 2.05) is 17.3 Å². The fourth-order valence-electron chi connectivity index (χ4n) is 5.23. The number of fused-ring (bicyclic) bond motifs is 2. The first-order valence-electron chi connectivity index (χ1n) is 15.3. The molecule has 48 heavy (non-hydrogen) atoms. The third-order valence-corrected chi connectivity index (χ3v) is 7.62. The molecule has 1 aromatic heterocycles. The van der Waals surface area contributed by atoms with Crippen LogP contribution in [0.1, 0.15) is 59.7 Å². The van der Waals surface area contributed by atoms with Crippen molar-refractivity contribution in [2.75, 3.05) is 46.9 Å². The van der Waals surface area contributed by atoms with Crippen molar-refractivity contribution in [1.82, 2.24) is 31.1 Å². The summed E-state index contributed by atoms with van der Waals surface area (Å²) in [5.74, 6) is -1.06. The molecule has 1 aliphatic rings. The van der Waals surface area contributed by atoms with Crippen LogP contribution in [-0.2, 0) is 21.6 Å².